The van der Waals surface area contributed by atoms with Gasteiger partial charge in [0.15, 0.2) is 0 Å². The van der Waals surface area contributed by atoms with Gasteiger partial charge < -0.3 is 10.2 Å². The second-order valence-corrected chi connectivity index (χ2v) is 5.48. The van der Waals surface area contributed by atoms with Crippen molar-refractivity contribution in [3.63, 3.8) is 0 Å². The number of benzene rings is 1. The maximum atomic E-state index is 10.9. The third-order valence-corrected chi connectivity index (χ3v) is 3.33. The molecule has 0 spiro atoms. The van der Waals surface area contributed by atoms with Crippen molar-refractivity contribution in [2.75, 3.05) is 0 Å². The van der Waals surface area contributed by atoms with E-state index >= 15 is 0 Å². The number of aromatic hydroxyl groups is 1. The monoisotopic (exact) mass is 270 g/mol. The molecule has 0 aliphatic carbocycles. The van der Waals surface area contributed by atoms with Crippen molar-refractivity contribution in [1.82, 2.24) is 0 Å². The lowest BCUT2D eigenvalue weighted by atomic mass is 10.2. The number of rotatable bonds is 2. The first-order valence-electron chi connectivity index (χ1n) is 3.44. The van der Waals surface area contributed by atoms with Gasteiger partial charge in [-0.25, -0.2) is 13.2 Å². The van der Waals surface area contributed by atoms with Crippen molar-refractivity contribution < 1.29 is 23.4 Å². The quantitative estimate of drug-likeness (QED) is 0.798. The van der Waals surface area contributed by atoms with Crippen molar-refractivity contribution >= 4 is 37.3 Å². The fourth-order valence-corrected chi connectivity index (χ4v) is 2.42. The fourth-order valence-electron chi connectivity index (χ4n) is 0.901. The van der Waals surface area contributed by atoms with Crippen LogP contribution in [0.2, 0.25) is 5.02 Å². The number of halogens is 2. The van der Waals surface area contributed by atoms with E-state index in [1.807, 2.05) is 0 Å². The summed E-state index contributed by atoms with van der Waals surface area (Å²) in [5, 5.41) is 17.4. The van der Waals surface area contributed by atoms with Crippen molar-refractivity contribution in [3.05, 3.63) is 22.7 Å². The number of carboxylic acids is 1. The van der Waals surface area contributed by atoms with Gasteiger partial charge in [-0.2, -0.15) is 0 Å². The number of carboxylic acid groups (broad SMARTS) is 1. The maximum absolute atomic E-state index is 10.9. The molecule has 0 amide bonds. The molecule has 0 saturated heterocycles. The standard InChI is InChI=1S/C7H4Cl2O5S/c8-4-2-5(10)3(7(11)12)1-6(4)15(9,13)14/h1-2,10H,(H,11,12). The zero-order valence-electron chi connectivity index (χ0n) is 6.94. The minimum Gasteiger partial charge on any atom is -0.507 e. The molecule has 0 aliphatic rings. The SMILES string of the molecule is O=C(O)c1cc(S(=O)(=O)Cl)c(Cl)cc1O. The third kappa shape index (κ3) is 2.53. The summed E-state index contributed by atoms with van der Waals surface area (Å²) in [6, 6.07) is 1.50. The van der Waals surface area contributed by atoms with Gasteiger partial charge in [0.1, 0.15) is 16.2 Å². The summed E-state index contributed by atoms with van der Waals surface area (Å²) in [5.74, 6) is -2.11. The van der Waals surface area contributed by atoms with Crippen LogP contribution in [0.25, 0.3) is 0 Å². The topological polar surface area (TPSA) is 91.7 Å². The highest BCUT2D eigenvalue weighted by Crippen LogP contribution is 2.31. The molecule has 0 fully saturated rings. The van der Waals surface area contributed by atoms with Gasteiger partial charge in [0.05, 0.1) is 5.02 Å². The van der Waals surface area contributed by atoms with Gasteiger partial charge in [-0.05, 0) is 6.07 Å². The molecule has 82 valence electrons. The summed E-state index contributed by atoms with van der Waals surface area (Å²) in [4.78, 5) is 10.0. The van der Waals surface area contributed by atoms with Crippen LogP contribution in [0, 0.1) is 0 Å². The smallest absolute Gasteiger partial charge is 0.339 e. The Morgan fingerprint density at radius 2 is 1.87 bits per heavy atom. The molecule has 2 N–H and O–H groups in total. The van der Waals surface area contributed by atoms with E-state index in [2.05, 4.69) is 0 Å². The highest BCUT2D eigenvalue weighted by atomic mass is 35.7. The predicted octanol–water partition coefficient (Wildman–Crippen LogP) is 1.67. The molecule has 0 bridgehead atoms. The molecule has 1 aromatic rings. The van der Waals surface area contributed by atoms with Crippen LogP contribution >= 0.6 is 22.3 Å². The number of aromatic carboxylic acids is 1. The van der Waals surface area contributed by atoms with Crippen molar-refractivity contribution in [3.8, 4) is 5.75 Å². The maximum Gasteiger partial charge on any atom is 0.339 e. The molecule has 0 aromatic heterocycles. The first-order chi connectivity index (χ1) is 6.73. The van der Waals surface area contributed by atoms with E-state index in [-0.39, 0.29) is 5.02 Å². The van der Waals surface area contributed by atoms with Crippen LogP contribution in [0.1, 0.15) is 10.4 Å². The van der Waals surface area contributed by atoms with Crippen molar-refractivity contribution in [1.29, 1.82) is 0 Å². The Kier molecular flexibility index (Phi) is 3.13. The van der Waals surface area contributed by atoms with Crippen LogP contribution in [-0.4, -0.2) is 24.6 Å². The van der Waals surface area contributed by atoms with E-state index in [9.17, 15) is 13.2 Å². The van der Waals surface area contributed by atoms with E-state index in [0.717, 1.165) is 6.07 Å². The Morgan fingerprint density at radius 3 is 2.27 bits per heavy atom. The van der Waals surface area contributed by atoms with Crippen LogP contribution in [0.15, 0.2) is 17.0 Å². The van der Waals surface area contributed by atoms with Gasteiger partial charge >= 0.3 is 5.97 Å². The van der Waals surface area contributed by atoms with Crippen LogP contribution in [-0.2, 0) is 9.05 Å². The third-order valence-electron chi connectivity index (χ3n) is 1.54. The van der Waals surface area contributed by atoms with E-state index in [0.29, 0.717) is 6.07 Å². The number of hydrogen-bond acceptors (Lipinski definition) is 4. The van der Waals surface area contributed by atoms with Crippen LogP contribution in [0.3, 0.4) is 0 Å². The Hall–Kier alpha value is -0.980. The van der Waals surface area contributed by atoms with Gasteiger partial charge in [-0.15, -0.1) is 0 Å². The zero-order chi connectivity index (χ0) is 11.8. The van der Waals surface area contributed by atoms with Crippen LogP contribution in [0.5, 0.6) is 5.75 Å². The predicted molar refractivity (Wildman–Crippen MR) is 53.1 cm³/mol. The molecule has 1 aromatic carbocycles. The Bertz CT molecular complexity index is 522. The van der Waals surface area contributed by atoms with E-state index in [1.54, 1.807) is 0 Å². The molecule has 0 unspecified atom stereocenters. The highest BCUT2D eigenvalue weighted by molar-refractivity contribution is 8.13. The number of hydrogen-bond donors (Lipinski definition) is 2. The number of phenols is 1. The highest BCUT2D eigenvalue weighted by Gasteiger charge is 2.20. The molecule has 0 radical (unpaired) electrons. The van der Waals surface area contributed by atoms with Crippen molar-refractivity contribution in [2.45, 2.75) is 4.90 Å². The molecule has 0 atom stereocenters. The summed E-state index contributed by atoms with van der Waals surface area (Å²) in [6.07, 6.45) is 0. The normalized spacial score (nSPS) is 11.3. The Balaban J connectivity index is 3.58. The fraction of sp³-hybridized carbons (Fsp3) is 0. The van der Waals surface area contributed by atoms with E-state index in [4.69, 9.17) is 32.5 Å². The zero-order valence-corrected chi connectivity index (χ0v) is 9.27. The minimum atomic E-state index is -4.14. The largest absolute Gasteiger partial charge is 0.507 e. The van der Waals surface area contributed by atoms with Crippen molar-refractivity contribution in [2.24, 2.45) is 0 Å². The van der Waals surface area contributed by atoms with Gasteiger partial charge in [0.2, 0.25) is 0 Å². The minimum absolute atomic E-state index is 0.340. The Morgan fingerprint density at radius 1 is 1.33 bits per heavy atom. The number of carbonyl (C=O) groups is 1. The van der Waals surface area contributed by atoms with E-state index < -0.39 is 31.2 Å². The Labute approximate surface area is 94.3 Å². The summed E-state index contributed by atoms with van der Waals surface area (Å²) < 4.78 is 21.9. The lowest BCUT2D eigenvalue weighted by Gasteiger charge is -2.04. The second kappa shape index (κ2) is 3.88. The van der Waals surface area contributed by atoms with Gasteiger partial charge in [-0.3, -0.25) is 0 Å². The first kappa shape index (κ1) is 12.1. The van der Waals surface area contributed by atoms with Gasteiger partial charge in [0.25, 0.3) is 9.05 Å². The second-order valence-electron chi connectivity index (χ2n) is 2.54. The van der Waals surface area contributed by atoms with E-state index in [1.165, 1.54) is 0 Å². The molecule has 8 heteroatoms. The molecular weight excluding hydrogens is 267 g/mol. The van der Waals surface area contributed by atoms with Crippen LogP contribution < -0.4 is 0 Å². The summed E-state index contributed by atoms with van der Waals surface area (Å²) >= 11 is 5.47. The average molecular weight is 271 g/mol. The van der Waals surface area contributed by atoms with Gasteiger partial charge in [-0.1, -0.05) is 11.6 Å². The van der Waals surface area contributed by atoms with Crippen LogP contribution in [0.4, 0.5) is 0 Å². The molecule has 0 saturated carbocycles. The summed E-state index contributed by atoms with van der Waals surface area (Å²) in [6.45, 7) is 0. The summed E-state index contributed by atoms with van der Waals surface area (Å²) in [5.41, 5.74) is -0.585. The molecule has 15 heavy (non-hydrogen) atoms. The first-order valence-corrected chi connectivity index (χ1v) is 6.12. The lowest BCUT2D eigenvalue weighted by Crippen LogP contribution is -2.00. The van der Waals surface area contributed by atoms with Gasteiger partial charge in [0, 0.05) is 16.7 Å². The summed E-state index contributed by atoms with van der Waals surface area (Å²) in [7, 11) is 0.866. The molecular formula is C7H4Cl2O5S. The molecule has 0 aliphatic heterocycles. The average Bonchev–Trinajstić information content (AvgIpc) is 2.00. The molecule has 5 nitrogen and oxygen atoms in total. The lowest BCUT2D eigenvalue weighted by molar-refractivity contribution is 0.0693. The molecule has 0 heterocycles. The molecule has 1 rings (SSSR count).